The zero-order chi connectivity index (χ0) is 13.0. The smallest absolute Gasteiger partial charge is 0.0762 e. The highest BCUT2D eigenvalue weighted by Crippen LogP contribution is 2.07. The molecule has 2 heterocycles. The van der Waals surface area contributed by atoms with E-state index in [1.54, 1.807) is 0 Å². The van der Waals surface area contributed by atoms with E-state index in [2.05, 4.69) is 48.4 Å². The molecular weight excluding hydrogens is 226 g/mol. The molecule has 2 aromatic rings. The van der Waals surface area contributed by atoms with E-state index in [0.29, 0.717) is 6.04 Å². The number of nitrogens with one attached hydrogen (secondary N) is 1. The molecule has 0 bridgehead atoms. The molecule has 5 nitrogen and oxygen atoms in total. The van der Waals surface area contributed by atoms with Crippen molar-refractivity contribution in [2.75, 3.05) is 0 Å². The Morgan fingerprint density at radius 1 is 1.28 bits per heavy atom. The molecule has 2 rings (SSSR count). The molecule has 0 aliphatic heterocycles. The normalized spacial score (nSPS) is 11.3. The van der Waals surface area contributed by atoms with Gasteiger partial charge in [-0.3, -0.25) is 9.36 Å². The lowest BCUT2D eigenvalue weighted by atomic mass is 10.3. The molecule has 98 valence electrons. The van der Waals surface area contributed by atoms with Crippen molar-refractivity contribution < 1.29 is 0 Å². The molecule has 0 spiro atoms. The van der Waals surface area contributed by atoms with Crippen LogP contribution in [-0.4, -0.2) is 19.6 Å². The van der Waals surface area contributed by atoms with Crippen molar-refractivity contribution in [2.45, 2.75) is 46.4 Å². The summed E-state index contributed by atoms with van der Waals surface area (Å²) in [5, 5.41) is 12.2. The monoisotopic (exact) mass is 247 g/mol. The van der Waals surface area contributed by atoms with E-state index in [1.807, 2.05) is 21.8 Å². The Morgan fingerprint density at radius 3 is 2.78 bits per heavy atom. The van der Waals surface area contributed by atoms with Crippen LogP contribution in [0.25, 0.3) is 0 Å². The lowest BCUT2D eigenvalue weighted by molar-refractivity contribution is 0.493. The summed E-state index contributed by atoms with van der Waals surface area (Å²) in [4.78, 5) is 0. The van der Waals surface area contributed by atoms with Crippen molar-refractivity contribution in [1.82, 2.24) is 24.9 Å². The van der Waals surface area contributed by atoms with Crippen LogP contribution >= 0.6 is 0 Å². The van der Waals surface area contributed by atoms with E-state index in [4.69, 9.17) is 0 Å². The first-order valence-corrected chi connectivity index (χ1v) is 6.46. The minimum atomic E-state index is 0.399. The predicted molar refractivity (Wildman–Crippen MR) is 71.1 cm³/mol. The standard InChI is InChI=1S/C13H21N5/c1-4-17-8-6-12(16-17)9-14-10-13-5-7-15-18(13)11(2)3/h5-8,11,14H,4,9-10H2,1-3H3. The summed E-state index contributed by atoms with van der Waals surface area (Å²) in [6.07, 6.45) is 3.86. The van der Waals surface area contributed by atoms with Crippen LogP contribution in [0.15, 0.2) is 24.5 Å². The summed E-state index contributed by atoms with van der Waals surface area (Å²) in [5.74, 6) is 0. The summed E-state index contributed by atoms with van der Waals surface area (Å²) in [6.45, 7) is 8.89. The second-order valence-corrected chi connectivity index (χ2v) is 4.63. The first kappa shape index (κ1) is 12.8. The summed E-state index contributed by atoms with van der Waals surface area (Å²) in [6, 6.07) is 4.50. The summed E-state index contributed by atoms with van der Waals surface area (Å²) in [5.41, 5.74) is 2.28. The maximum atomic E-state index is 4.44. The molecule has 0 aromatic carbocycles. The molecular formula is C13H21N5. The molecule has 0 aliphatic carbocycles. The fourth-order valence-electron chi connectivity index (χ4n) is 1.94. The molecule has 0 unspecified atom stereocenters. The third-order valence-corrected chi connectivity index (χ3v) is 2.87. The summed E-state index contributed by atoms with van der Waals surface area (Å²) >= 11 is 0. The van der Waals surface area contributed by atoms with Crippen LogP contribution in [0.2, 0.25) is 0 Å². The average molecular weight is 247 g/mol. The van der Waals surface area contributed by atoms with Crippen LogP contribution in [-0.2, 0) is 19.6 Å². The SMILES string of the molecule is CCn1ccc(CNCc2ccnn2C(C)C)n1. The number of hydrogen-bond acceptors (Lipinski definition) is 3. The fraction of sp³-hybridized carbons (Fsp3) is 0.538. The highest BCUT2D eigenvalue weighted by molar-refractivity contribution is 5.03. The Bertz CT molecular complexity index is 483. The fourth-order valence-corrected chi connectivity index (χ4v) is 1.94. The van der Waals surface area contributed by atoms with E-state index < -0.39 is 0 Å². The van der Waals surface area contributed by atoms with Gasteiger partial charge in [0.15, 0.2) is 0 Å². The van der Waals surface area contributed by atoms with Crippen LogP contribution in [0.3, 0.4) is 0 Å². The van der Waals surface area contributed by atoms with Crippen molar-refractivity contribution in [1.29, 1.82) is 0 Å². The molecule has 0 saturated heterocycles. The third-order valence-electron chi connectivity index (χ3n) is 2.87. The van der Waals surface area contributed by atoms with Gasteiger partial charge in [-0.1, -0.05) is 0 Å². The highest BCUT2D eigenvalue weighted by atomic mass is 15.3. The first-order chi connectivity index (χ1) is 8.70. The van der Waals surface area contributed by atoms with Crippen LogP contribution in [0.1, 0.15) is 38.2 Å². The van der Waals surface area contributed by atoms with Gasteiger partial charge in [-0.15, -0.1) is 0 Å². The van der Waals surface area contributed by atoms with Crippen LogP contribution in [0.4, 0.5) is 0 Å². The van der Waals surface area contributed by atoms with Gasteiger partial charge in [0.25, 0.3) is 0 Å². The lowest BCUT2D eigenvalue weighted by Gasteiger charge is -2.11. The van der Waals surface area contributed by atoms with Gasteiger partial charge < -0.3 is 5.32 Å². The Labute approximate surface area is 108 Å². The van der Waals surface area contributed by atoms with Gasteiger partial charge in [0, 0.05) is 38.1 Å². The van der Waals surface area contributed by atoms with Gasteiger partial charge in [-0.25, -0.2) is 0 Å². The number of nitrogens with zero attached hydrogens (tertiary/aromatic N) is 4. The van der Waals surface area contributed by atoms with Crippen molar-refractivity contribution in [3.63, 3.8) is 0 Å². The Hall–Kier alpha value is -1.62. The summed E-state index contributed by atoms with van der Waals surface area (Å²) in [7, 11) is 0. The number of hydrogen-bond donors (Lipinski definition) is 1. The second kappa shape index (κ2) is 5.82. The van der Waals surface area contributed by atoms with Gasteiger partial charge in [-0.2, -0.15) is 10.2 Å². The second-order valence-electron chi connectivity index (χ2n) is 4.63. The van der Waals surface area contributed by atoms with E-state index in [0.717, 1.165) is 25.3 Å². The minimum absolute atomic E-state index is 0.399. The average Bonchev–Trinajstić information content (AvgIpc) is 2.97. The summed E-state index contributed by atoms with van der Waals surface area (Å²) < 4.78 is 3.98. The molecule has 0 atom stereocenters. The van der Waals surface area contributed by atoms with Gasteiger partial charge >= 0.3 is 0 Å². The zero-order valence-corrected chi connectivity index (χ0v) is 11.3. The molecule has 0 fully saturated rings. The van der Waals surface area contributed by atoms with E-state index >= 15 is 0 Å². The maximum absolute atomic E-state index is 4.44. The highest BCUT2D eigenvalue weighted by Gasteiger charge is 2.05. The van der Waals surface area contributed by atoms with Gasteiger partial charge in [-0.05, 0) is 32.9 Å². The molecule has 0 aliphatic rings. The topological polar surface area (TPSA) is 47.7 Å². The zero-order valence-electron chi connectivity index (χ0n) is 11.3. The number of aryl methyl sites for hydroxylation is 1. The molecule has 2 aromatic heterocycles. The van der Waals surface area contributed by atoms with Crippen LogP contribution in [0, 0.1) is 0 Å². The van der Waals surface area contributed by atoms with E-state index in [9.17, 15) is 0 Å². The van der Waals surface area contributed by atoms with Gasteiger partial charge in [0.1, 0.15) is 0 Å². The molecule has 5 heteroatoms. The quantitative estimate of drug-likeness (QED) is 0.849. The van der Waals surface area contributed by atoms with Crippen molar-refractivity contribution >= 4 is 0 Å². The van der Waals surface area contributed by atoms with Crippen molar-refractivity contribution in [3.05, 3.63) is 35.9 Å². The molecule has 0 saturated carbocycles. The van der Waals surface area contributed by atoms with E-state index in [1.165, 1.54) is 5.69 Å². The molecule has 0 amide bonds. The Morgan fingerprint density at radius 2 is 2.11 bits per heavy atom. The van der Waals surface area contributed by atoms with Crippen LogP contribution in [0.5, 0.6) is 0 Å². The van der Waals surface area contributed by atoms with Crippen molar-refractivity contribution in [2.24, 2.45) is 0 Å². The van der Waals surface area contributed by atoms with Gasteiger partial charge in [0.05, 0.1) is 11.4 Å². The van der Waals surface area contributed by atoms with Crippen LogP contribution < -0.4 is 5.32 Å². The van der Waals surface area contributed by atoms with Crippen molar-refractivity contribution in [3.8, 4) is 0 Å². The molecule has 1 N–H and O–H groups in total. The Kier molecular flexibility index (Phi) is 4.15. The predicted octanol–water partition coefficient (Wildman–Crippen LogP) is 1.97. The number of rotatable bonds is 6. The maximum Gasteiger partial charge on any atom is 0.0762 e. The Balaban J connectivity index is 1.86. The van der Waals surface area contributed by atoms with Gasteiger partial charge in [0.2, 0.25) is 0 Å². The number of aromatic nitrogens is 4. The molecule has 18 heavy (non-hydrogen) atoms. The first-order valence-electron chi connectivity index (χ1n) is 6.46. The largest absolute Gasteiger partial charge is 0.305 e. The molecule has 0 radical (unpaired) electrons. The minimum Gasteiger partial charge on any atom is -0.305 e. The van der Waals surface area contributed by atoms with E-state index in [-0.39, 0.29) is 0 Å². The lowest BCUT2D eigenvalue weighted by Crippen LogP contribution is -2.17. The third kappa shape index (κ3) is 2.98.